The Morgan fingerprint density at radius 2 is 2.00 bits per heavy atom. The van der Waals surface area contributed by atoms with Crippen LogP contribution in [0.25, 0.3) is 0 Å². The average Bonchev–Trinajstić information content (AvgIpc) is 3.18. The van der Waals surface area contributed by atoms with Crippen LogP contribution < -0.4 is 15.0 Å². The molecule has 0 aliphatic carbocycles. The second kappa shape index (κ2) is 8.38. The van der Waals surface area contributed by atoms with Gasteiger partial charge in [0.15, 0.2) is 12.8 Å². The number of amides is 1. The summed E-state index contributed by atoms with van der Waals surface area (Å²) in [6, 6.07) is 15.1. The molecular formula is C22H19ClN2O4S. The number of nitrogens with one attached hydrogen (secondary N) is 1. The Kier molecular flexibility index (Phi) is 5.65. The van der Waals surface area contributed by atoms with Crippen molar-refractivity contribution in [2.45, 2.75) is 19.4 Å². The summed E-state index contributed by atoms with van der Waals surface area (Å²) in [4.78, 5) is 26.7. The maximum Gasteiger partial charge on any atom is 0.331 e. The number of aliphatic carboxylic acids is 1. The van der Waals surface area contributed by atoms with Gasteiger partial charge in [-0.15, -0.1) is 11.3 Å². The number of hydrogen-bond donors (Lipinski definition) is 2. The van der Waals surface area contributed by atoms with Gasteiger partial charge in [-0.2, -0.15) is 0 Å². The minimum absolute atomic E-state index is 0.122. The van der Waals surface area contributed by atoms with E-state index in [0.29, 0.717) is 31.9 Å². The molecule has 0 spiro atoms. The zero-order valence-corrected chi connectivity index (χ0v) is 17.7. The van der Waals surface area contributed by atoms with E-state index in [-0.39, 0.29) is 12.6 Å². The summed E-state index contributed by atoms with van der Waals surface area (Å²) in [6.07, 6.45) is 0.873. The monoisotopic (exact) mass is 442 g/mol. The molecule has 0 saturated heterocycles. The maximum atomic E-state index is 12.9. The van der Waals surface area contributed by atoms with Crippen LogP contribution in [0.5, 0.6) is 5.75 Å². The van der Waals surface area contributed by atoms with Crippen molar-refractivity contribution in [1.29, 1.82) is 0 Å². The standard InChI is InChI=1S/C22H19ClN2O4S/c1-2-13-3-8-16-17(11-13)29-12-25(21(16)26)15-6-4-14(5-7-15)24-20(22(27)28)18-9-10-19(23)30-18/h3-11,20,24H,2,12H2,1H3,(H,27,28). The van der Waals surface area contributed by atoms with Crippen molar-refractivity contribution in [3.05, 3.63) is 74.9 Å². The summed E-state index contributed by atoms with van der Waals surface area (Å²) in [7, 11) is 0. The van der Waals surface area contributed by atoms with Gasteiger partial charge in [-0.3, -0.25) is 9.69 Å². The minimum Gasteiger partial charge on any atom is -0.479 e. The van der Waals surface area contributed by atoms with Crippen LogP contribution in [0.4, 0.5) is 11.4 Å². The van der Waals surface area contributed by atoms with E-state index in [1.54, 1.807) is 47.4 Å². The lowest BCUT2D eigenvalue weighted by molar-refractivity contribution is -0.138. The Hall–Kier alpha value is -3.03. The quantitative estimate of drug-likeness (QED) is 0.548. The number of carboxylic acid groups (broad SMARTS) is 1. The van der Waals surface area contributed by atoms with Crippen molar-refractivity contribution in [2.24, 2.45) is 0 Å². The molecule has 1 atom stereocenters. The minimum atomic E-state index is -1.000. The van der Waals surface area contributed by atoms with Crippen molar-refractivity contribution in [2.75, 3.05) is 16.9 Å². The van der Waals surface area contributed by atoms with E-state index in [4.69, 9.17) is 16.3 Å². The number of anilines is 2. The summed E-state index contributed by atoms with van der Waals surface area (Å²) in [6.45, 7) is 2.17. The van der Waals surface area contributed by atoms with Crippen molar-refractivity contribution in [1.82, 2.24) is 0 Å². The molecule has 154 valence electrons. The third kappa shape index (κ3) is 3.99. The van der Waals surface area contributed by atoms with Crippen LogP contribution in [0.15, 0.2) is 54.6 Å². The molecule has 4 rings (SSSR count). The molecule has 6 nitrogen and oxygen atoms in total. The van der Waals surface area contributed by atoms with Gasteiger partial charge in [0.2, 0.25) is 0 Å². The van der Waals surface area contributed by atoms with Gasteiger partial charge >= 0.3 is 5.97 Å². The van der Waals surface area contributed by atoms with E-state index in [2.05, 4.69) is 12.2 Å². The van der Waals surface area contributed by atoms with Crippen LogP contribution in [0.3, 0.4) is 0 Å². The number of carbonyl (C=O) groups excluding carboxylic acids is 1. The van der Waals surface area contributed by atoms with Crippen LogP contribution in [-0.4, -0.2) is 23.7 Å². The number of aryl methyl sites for hydroxylation is 1. The fourth-order valence-corrected chi connectivity index (χ4v) is 4.36. The second-order valence-corrected chi connectivity index (χ2v) is 8.54. The van der Waals surface area contributed by atoms with Gasteiger partial charge in [-0.25, -0.2) is 4.79 Å². The highest BCUT2D eigenvalue weighted by Gasteiger charge is 2.27. The number of hydrogen-bond acceptors (Lipinski definition) is 5. The highest BCUT2D eigenvalue weighted by molar-refractivity contribution is 7.16. The lowest BCUT2D eigenvalue weighted by Gasteiger charge is -2.29. The molecule has 2 N–H and O–H groups in total. The first-order valence-corrected chi connectivity index (χ1v) is 10.6. The number of rotatable bonds is 6. The van der Waals surface area contributed by atoms with Gasteiger partial charge in [0.1, 0.15) is 5.75 Å². The van der Waals surface area contributed by atoms with Gasteiger partial charge in [-0.1, -0.05) is 24.6 Å². The van der Waals surface area contributed by atoms with E-state index >= 15 is 0 Å². The van der Waals surface area contributed by atoms with Crippen LogP contribution in [0.2, 0.25) is 4.34 Å². The summed E-state index contributed by atoms with van der Waals surface area (Å²) < 4.78 is 6.32. The normalized spacial score (nSPS) is 14.1. The van der Waals surface area contributed by atoms with Crippen molar-refractivity contribution in [3.8, 4) is 5.75 Å². The summed E-state index contributed by atoms with van der Waals surface area (Å²) in [5, 5.41) is 12.5. The van der Waals surface area contributed by atoms with Crippen molar-refractivity contribution >= 4 is 46.2 Å². The second-order valence-electron chi connectivity index (χ2n) is 6.80. The zero-order valence-electron chi connectivity index (χ0n) is 16.1. The fraction of sp³-hybridized carbons (Fsp3) is 0.182. The predicted octanol–water partition coefficient (Wildman–Crippen LogP) is 5.20. The van der Waals surface area contributed by atoms with Crippen LogP contribution in [0.1, 0.15) is 33.8 Å². The van der Waals surface area contributed by atoms with Crippen molar-refractivity contribution < 1.29 is 19.4 Å². The van der Waals surface area contributed by atoms with E-state index < -0.39 is 12.0 Å². The molecule has 1 aliphatic heterocycles. The predicted molar refractivity (Wildman–Crippen MR) is 118 cm³/mol. The highest BCUT2D eigenvalue weighted by Crippen LogP contribution is 2.32. The molecular weight excluding hydrogens is 424 g/mol. The lowest BCUT2D eigenvalue weighted by Crippen LogP contribution is -2.38. The molecule has 1 unspecified atom stereocenters. The molecule has 2 aromatic carbocycles. The molecule has 8 heteroatoms. The number of thiophene rings is 1. The van der Waals surface area contributed by atoms with E-state index in [1.807, 2.05) is 12.1 Å². The Bertz CT molecular complexity index is 1100. The molecule has 0 saturated carbocycles. The topological polar surface area (TPSA) is 78.9 Å². The van der Waals surface area contributed by atoms with Crippen molar-refractivity contribution in [3.63, 3.8) is 0 Å². The number of ether oxygens (including phenoxy) is 1. The third-order valence-electron chi connectivity index (χ3n) is 4.89. The number of halogens is 1. The first kappa shape index (κ1) is 20.3. The van der Waals surface area contributed by atoms with Gasteiger partial charge in [-0.05, 0) is 60.5 Å². The van der Waals surface area contributed by atoms with Gasteiger partial charge in [0.05, 0.1) is 9.90 Å². The van der Waals surface area contributed by atoms with Crippen LogP contribution >= 0.6 is 22.9 Å². The molecule has 1 aromatic heterocycles. The summed E-state index contributed by atoms with van der Waals surface area (Å²) in [5.41, 5.74) is 2.93. The summed E-state index contributed by atoms with van der Waals surface area (Å²) in [5.74, 6) is -0.524. The number of carbonyl (C=O) groups is 2. The molecule has 30 heavy (non-hydrogen) atoms. The third-order valence-corrected chi connectivity index (χ3v) is 6.19. The number of carboxylic acids is 1. The Morgan fingerprint density at radius 3 is 2.63 bits per heavy atom. The smallest absolute Gasteiger partial charge is 0.331 e. The lowest BCUT2D eigenvalue weighted by atomic mass is 10.1. The van der Waals surface area contributed by atoms with E-state index in [1.165, 1.54) is 11.3 Å². The Morgan fingerprint density at radius 1 is 1.23 bits per heavy atom. The average molecular weight is 443 g/mol. The summed E-state index contributed by atoms with van der Waals surface area (Å²) >= 11 is 7.15. The number of fused-ring (bicyclic) bond motifs is 1. The number of benzene rings is 2. The molecule has 1 amide bonds. The Balaban J connectivity index is 1.52. The van der Waals surface area contributed by atoms with E-state index in [9.17, 15) is 14.7 Å². The zero-order chi connectivity index (χ0) is 21.3. The van der Waals surface area contributed by atoms with Crippen LogP contribution in [0, 0.1) is 0 Å². The molecule has 0 bridgehead atoms. The molecule has 3 aromatic rings. The molecule has 0 fully saturated rings. The number of nitrogens with zero attached hydrogens (tertiary/aromatic N) is 1. The SMILES string of the molecule is CCc1ccc2c(c1)OCN(c1ccc(NC(C(=O)O)c3ccc(Cl)s3)cc1)C2=O. The largest absolute Gasteiger partial charge is 0.479 e. The van der Waals surface area contributed by atoms with E-state index in [0.717, 1.165) is 12.0 Å². The molecule has 0 radical (unpaired) electrons. The maximum absolute atomic E-state index is 12.9. The van der Waals surface area contributed by atoms with Gasteiger partial charge in [0.25, 0.3) is 5.91 Å². The van der Waals surface area contributed by atoms with Gasteiger partial charge in [0, 0.05) is 16.3 Å². The van der Waals surface area contributed by atoms with Gasteiger partial charge < -0.3 is 15.2 Å². The Labute approximate surface area is 182 Å². The highest BCUT2D eigenvalue weighted by atomic mass is 35.5. The first-order chi connectivity index (χ1) is 14.5. The van der Waals surface area contributed by atoms with Crippen LogP contribution in [-0.2, 0) is 11.2 Å². The first-order valence-electron chi connectivity index (χ1n) is 9.38. The molecule has 1 aliphatic rings. The fourth-order valence-electron chi connectivity index (χ4n) is 3.25. The molecule has 2 heterocycles.